The lowest BCUT2D eigenvalue weighted by molar-refractivity contribution is 0.102. The molecule has 2 rings (SSSR count). The summed E-state index contributed by atoms with van der Waals surface area (Å²) in [6, 6.07) is 4.07. The van der Waals surface area contributed by atoms with Gasteiger partial charge in [0.25, 0.3) is 5.91 Å². The van der Waals surface area contributed by atoms with Crippen molar-refractivity contribution in [2.24, 2.45) is 0 Å². The van der Waals surface area contributed by atoms with Gasteiger partial charge < -0.3 is 10.2 Å². The average molecular weight is 232 g/mol. The van der Waals surface area contributed by atoms with Crippen molar-refractivity contribution in [1.29, 1.82) is 0 Å². The van der Waals surface area contributed by atoms with Gasteiger partial charge in [-0.05, 0) is 12.1 Å². The summed E-state index contributed by atoms with van der Waals surface area (Å²) in [5, 5.41) is 28.1. The van der Waals surface area contributed by atoms with E-state index in [-0.39, 0.29) is 17.3 Å². The molecule has 0 atom stereocenters. The van der Waals surface area contributed by atoms with Crippen molar-refractivity contribution in [3.8, 4) is 11.5 Å². The minimum Gasteiger partial charge on any atom is -0.504 e. The lowest BCUT2D eigenvalue weighted by Crippen LogP contribution is -2.14. The Morgan fingerprint density at radius 2 is 2.06 bits per heavy atom. The van der Waals surface area contributed by atoms with Crippen LogP contribution in [0.25, 0.3) is 0 Å². The first-order chi connectivity index (χ1) is 8.18. The molecule has 0 radical (unpaired) electrons. The fourth-order valence-electron chi connectivity index (χ4n) is 1.19. The molecule has 1 amide bonds. The van der Waals surface area contributed by atoms with Crippen molar-refractivity contribution < 1.29 is 15.0 Å². The van der Waals surface area contributed by atoms with E-state index >= 15 is 0 Å². The van der Waals surface area contributed by atoms with Gasteiger partial charge in [-0.25, -0.2) is 4.98 Å². The molecule has 0 saturated carbocycles. The number of phenolic OH excluding ortho intramolecular Hbond substituents is 2. The molecular weight excluding hydrogens is 224 g/mol. The van der Waals surface area contributed by atoms with Crippen LogP contribution >= 0.6 is 0 Å². The number of amides is 1. The smallest absolute Gasteiger partial charge is 0.261 e. The lowest BCUT2D eigenvalue weighted by Gasteiger charge is -2.05. The number of anilines is 1. The van der Waals surface area contributed by atoms with E-state index in [2.05, 4.69) is 20.5 Å². The fraction of sp³-hybridized carbons (Fsp3) is 0. The van der Waals surface area contributed by atoms with Crippen LogP contribution < -0.4 is 5.32 Å². The molecule has 0 spiro atoms. The zero-order valence-electron chi connectivity index (χ0n) is 8.53. The van der Waals surface area contributed by atoms with Gasteiger partial charge in [0, 0.05) is 0 Å². The summed E-state index contributed by atoms with van der Waals surface area (Å²) < 4.78 is 0. The summed E-state index contributed by atoms with van der Waals surface area (Å²) in [5.41, 5.74) is -0.0718. The maximum absolute atomic E-state index is 11.7. The summed E-state index contributed by atoms with van der Waals surface area (Å²) in [6.45, 7) is 0. The number of nitrogens with zero attached hydrogens (tertiary/aromatic N) is 3. The first-order valence-corrected chi connectivity index (χ1v) is 4.64. The summed E-state index contributed by atoms with van der Waals surface area (Å²) >= 11 is 0. The molecule has 86 valence electrons. The summed E-state index contributed by atoms with van der Waals surface area (Å²) in [4.78, 5) is 15.4. The molecule has 0 unspecified atom stereocenters. The first kappa shape index (κ1) is 10.8. The second kappa shape index (κ2) is 4.44. The highest BCUT2D eigenvalue weighted by Gasteiger charge is 2.14. The van der Waals surface area contributed by atoms with Crippen LogP contribution in [0.15, 0.2) is 30.6 Å². The monoisotopic (exact) mass is 232 g/mol. The Morgan fingerprint density at radius 1 is 1.24 bits per heavy atom. The lowest BCUT2D eigenvalue weighted by atomic mass is 10.2. The Labute approximate surface area is 95.8 Å². The molecular formula is C10H8N4O3. The molecule has 1 aromatic carbocycles. The predicted molar refractivity (Wildman–Crippen MR) is 57.6 cm³/mol. The van der Waals surface area contributed by atoms with Crippen molar-refractivity contribution >= 4 is 11.9 Å². The number of aromatic nitrogens is 3. The largest absolute Gasteiger partial charge is 0.504 e. The van der Waals surface area contributed by atoms with Crippen LogP contribution in [0.4, 0.5) is 5.95 Å². The molecule has 7 nitrogen and oxygen atoms in total. The molecule has 0 bridgehead atoms. The Kier molecular flexibility index (Phi) is 2.82. The van der Waals surface area contributed by atoms with E-state index in [1.165, 1.54) is 30.6 Å². The average Bonchev–Trinajstić information content (AvgIpc) is 2.34. The van der Waals surface area contributed by atoms with Gasteiger partial charge in [-0.2, -0.15) is 5.10 Å². The van der Waals surface area contributed by atoms with Crippen LogP contribution in [0, 0.1) is 0 Å². The standard InChI is InChI=1S/C10H8N4O3/c15-7-3-1-2-6(8(7)16)9(17)13-10-11-4-5-12-14-10/h1-5,15-16H,(H,11,13,14,17). The van der Waals surface area contributed by atoms with Crippen LogP contribution in [0.1, 0.15) is 10.4 Å². The van der Waals surface area contributed by atoms with Crippen LogP contribution in [0.5, 0.6) is 11.5 Å². The molecule has 0 saturated heterocycles. The number of carbonyl (C=O) groups is 1. The Morgan fingerprint density at radius 3 is 2.76 bits per heavy atom. The highest BCUT2D eigenvalue weighted by Crippen LogP contribution is 2.28. The van der Waals surface area contributed by atoms with Gasteiger partial charge in [-0.3, -0.25) is 10.1 Å². The van der Waals surface area contributed by atoms with Crippen molar-refractivity contribution in [2.75, 3.05) is 5.32 Å². The molecule has 1 heterocycles. The molecule has 2 aromatic rings. The van der Waals surface area contributed by atoms with Gasteiger partial charge >= 0.3 is 0 Å². The number of carbonyl (C=O) groups excluding carboxylic acids is 1. The van der Waals surface area contributed by atoms with Crippen molar-refractivity contribution in [1.82, 2.24) is 15.2 Å². The van der Waals surface area contributed by atoms with Crippen molar-refractivity contribution in [2.45, 2.75) is 0 Å². The third kappa shape index (κ3) is 2.28. The van der Waals surface area contributed by atoms with Gasteiger partial charge in [0.15, 0.2) is 11.5 Å². The van der Waals surface area contributed by atoms with Gasteiger partial charge in [0.1, 0.15) is 0 Å². The number of phenols is 2. The highest BCUT2D eigenvalue weighted by molar-refractivity contribution is 6.05. The molecule has 1 aromatic heterocycles. The third-order valence-corrected chi connectivity index (χ3v) is 1.97. The molecule has 17 heavy (non-hydrogen) atoms. The number of rotatable bonds is 2. The molecule has 7 heteroatoms. The van der Waals surface area contributed by atoms with Gasteiger partial charge in [-0.15, -0.1) is 5.10 Å². The van der Waals surface area contributed by atoms with Crippen molar-refractivity contribution in [3.05, 3.63) is 36.2 Å². The topological polar surface area (TPSA) is 108 Å². The van der Waals surface area contributed by atoms with Gasteiger partial charge in [-0.1, -0.05) is 6.07 Å². The van der Waals surface area contributed by atoms with E-state index in [1.54, 1.807) is 0 Å². The van der Waals surface area contributed by atoms with E-state index in [9.17, 15) is 15.0 Å². The molecule has 0 fully saturated rings. The van der Waals surface area contributed by atoms with Crippen molar-refractivity contribution in [3.63, 3.8) is 0 Å². The molecule has 0 aliphatic carbocycles. The predicted octanol–water partition coefficient (Wildman–Crippen LogP) is 0.535. The minimum absolute atomic E-state index is 0.0141. The third-order valence-electron chi connectivity index (χ3n) is 1.97. The first-order valence-electron chi connectivity index (χ1n) is 4.64. The molecule has 0 aliphatic rings. The van der Waals surface area contributed by atoms with E-state index in [0.29, 0.717) is 0 Å². The summed E-state index contributed by atoms with van der Waals surface area (Å²) in [6.07, 6.45) is 2.73. The summed E-state index contributed by atoms with van der Waals surface area (Å²) in [5.74, 6) is -1.48. The van der Waals surface area contributed by atoms with E-state index < -0.39 is 11.7 Å². The summed E-state index contributed by atoms with van der Waals surface area (Å²) in [7, 11) is 0. The Balaban J connectivity index is 2.24. The Hall–Kier alpha value is -2.70. The quantitative estimate of drug-likeness (QED) is 0.652. The second-order valence-corrected chi connectivity index (χ2v) is 3.09. The maximum Gasteiger partial charge on any atom is 0.261 e. The zero-order valence-corrected chi connectivity index (χ0v) is 8.53. The zero-order chi connectivity index (χ0) is 12.3. The Bertz CT molecular complexity index is 545. The van der Waals surface area contributed by atoms with E-state index in [1.807, 2.05) is 0 Å². The molecule has 0 aliphatic heterocycles. The number of hydrogen-bond acceptors (Lipinski definition) is 6. The van der Waals surface area contributed by atoms with Crippen LogP contribution in [-0.4, -0.2) is 31.3 Å². The number of nitrogens with one attached hydrogen (secondary N) is 1. The highest BCUT2D eigenvalue weighted by atomic mass is 16.3. The van der Waals surface area contributed by atoms with E-state index in [0.717, 1.165) is 0 Å². The van der Waals surface area contributed by atoms with Crippen LogP contribution in [-0.2, 0) is 0 Å². The normalized spacial score (nSPS) is 9.88. The number of aromatic hydroxyl groups is 2. The minimum atomic E-state index is -0.633. The molecule has 3 N–H and O–H groups in total. The second-order valence-electron chi connectivity index (χ2n) is 3.09. The van der Waals surface area contributed by atoms with Gasteiger partial charge in [0.2, 0.25) is 5.95 Å². The van der Waals surface area contributed by atoms with Crippen LogP contribution in [0.2, 0.25) is 0 Å². The maximum atomic E-state index is 11.7. The van der Waals surface area contributed by atoms with Crippen LogP contribution in [0.3, 0.4) is 0 Å². The number of para-hydroxylation sites is 1. The number of benzene rings is 1. The number of hydrogen-bond donors (Lipinski definition) is 3. The SMILES string of the molecule is O=C(Nc1nccnn1)c1cccc(O)c1O. The fourth-order valence-corrected chi connectivity index (χ4v) is 1.19. The van der Waals surface area contributed by atoms with Gasteiger partial charge in [0.05, 0.1) is 18.0 Å². The van der Waals surface area contributed by atoms with E-state index in [4.69, 9.17) is 0 Å².